The van der Waals surface area contributed by atoms with Crippen LogP contribution in [0.15, 0.2) is 15.3 Å². The maximum atomic E-state index is 9.74. The summed E-state index contributed by atoms with van der Waals surface area (Å²) < 4.78 is 0. The maximum absolute atomic E-state index is 9.74. The number of rotatable bonds is 5. The Morgan fingerprint density at radius 3 is 1.87 bits per heavy atom. The first-order chi connectivity index (χ1) is 6.93. The molecule has 0 rings (SSSR count). The van der Waals surface area contributed by atoms with Crippen LogP contribution in [0.4, 0.5) is 0 Å². The van der Waals surface area contributed by atoms with Crippen LogP contribution < -0.4 is 0 Å². The summed E-state index contributed by atoms with van der Waals surface area (Å²) in [6, 6.07) is 0. The molecule has 0 saturated carbocycles. The van der Waals surface area contributed by atoms with Crippen LogP contribution in [0.5, 0.6) is 0 Å². The molecule has 0 spiro atoms. The lowest BCUT2D eigenvalue weighted by molar-refractivity contribution is -0.0505. The summed E-state index contributed by atoms with van der Waals surface area (Å²) >= 11 is 0. The molecule has 0 saturated heterocycles. The average molecular weight is 211 g/mol. The topological polar surface area (TPSA) is 167 Å². The second kappa shape index (κ2) is 4.94. The molecular formula is C5H9N9O. The molecule has 0 aromatic rings. The van der Waals surface area contributed by atoms with Gasteiger partial charge in [-0.15, -0.1) is 0 Å². The Bertz CT molecular complexity index is 350. The van der Waals surface area contributed by atoms with Gasteiger partial charge in [0.25, 0.3) is 0 Å². The van der Waals surface area contributed by atoms with E-state index in [4.69, 9.17) is 16.6 Å². The van der Waals surface area contributed by atoms with Gasteiger partial charge in [-0.1, -0.05) is 29.2 Å². The quantitative estimate of drug-likeness (QED) is 0.412. The van der Waals surface area contributed by atoms with Crippen molar-refractivity contribution in [3.05, 3.63) is 31.3 Å². The van der Waals surface area contributed by atoms with Gasteiger partial charge in [-0.25, -0.2) is 0 Å². The van der Waals surface area contributed by atoms with E-state index >= 15 is 0 Å². The first-order valence-electron chi connectivity index (χ1n) is 3.79. The van der Waals surface area contributed by atoms with Crippen molar-refractivity contribution in [1.82, 2.24) is 0 Å². The summed E-state index contributed by atoms with van der Waals surface area (Å²) in [5, 5.41) is 19.0. The molecule has 0 heterocycles. The Hall–Kier alpha value is -2.11. The summed E-state index contributed by atoms with van der Waals surface area (Å²) in [4.78, 5) is 7.25. The van der Waals surface area contributed by atoms with Gasteiger partial charge in [0.1, 0.15) is 0 Å². The lowest BCUT2D eigenvalue weighted by Gasteiger charge is -2.33. The molecule has 0 aliphatic rings. The molecule has 0 bridgehead atoms. The first kappa shape index (κ1) is 12.9. The smallest absolute Gasteiger partial charge is 0.228 e. The minimum absolute atomic E-state index is 0.183. The Labute approximate surface area is 84.4 Å². The van der Waals surface area contributed by atoms with E-state index in [-0.39, 0.29) is 6.54 Å². The average Bonchev–Trinajstić information content (AvgIpc) is 2.15. The van der Waals surface area contributed by atoms with E-state index in [9.17, 15) is 5.11 Å². The summed E-state index contributed by atoms with van der Waals surface area (Å²) in [7, 11) is 0. The Kier molecular flexibility index (Phi) is 4.25. The molecule has 10 nitrogen and oxygen atoms in total. The lowest BCUT2D eigenvalue weighted by Crippen LogP contribution is -2.42. The minimum atomic E-state index is -2.30. The summed E-state index contributed by atoms with van der Waals surface area (Å²) in [6.45, 7) is 2.69. The third-order valence-corrected chi connectivity index (χ3v) is 1.81. The van der Waals surface area contributed by atoms with Gasteiger partial charge in [0.05, 0.1) is 0 Å². The van der Waals surface area contributed by atoms with E-state index in [1.54, 1.807) is 0 Å². The van der Waals surface area contributed by atoms with Crippen molar-refractivity contribution in [2.24, 2.45) is 20.8 Å². The summed E-state index contributed by atoms with van der Waals surface area (Å²) in [5.74, 6) is -2.30. The molecule has 0 aromatic heterocycles. The highest BCUT2D eigenvalue weighted by molar-refractivity contribution is 4.91. The van der Waals surface area contributed by atoms with Crippen LogP contribution in [0.1, 0.15) is 13.8 Å². The molecule has 0 unspecified atom stereocenters. The lowest BCUT2D eigenvalue weighted by atomic mass is 9.87. The van der Waals surface area contributed by atoms with Crippen molar-refractivity contribution in [2.75, 3.05) is 6.54 Å². The fourth-order valence-electron chi connectivity index (χ4n) is 0.730. The van der Waals surface area contributed by atoms with Crippen molar-refractivity contribution >= 4 is 0 Å². The van der Waals surface area contributed by atoms with E-state index in [1.165, 1.54) is 13.8 Å². The fourth-order valence-corrected chi connectivity index (χ4v) is 0.730. The van der Waals surface area contributed by atoms with E-state index < -0.39 is 11.3 Å². The van der Waals surface area contributed by atoms with Crippen molar-refractivity contribution in [3.8, 4) is 0 Å². The standard InChI is InChI=1S/C5H9N9O/c1-4(2,3-9-12-6)5(15,10-13-7)11-14-8/h15H,3H2,1-2H3. The first-order valence-corrected chi connectivity index (χ1v) is 3.79. The van der Waals surface area contributed by atoms with Crippen LogP contribution in [-0.4, -0.2) is 17.5 Å². The van der Waals surface area contributed by atoms with Crippen molar-refractivity contribution < 1.29 is 5.11 Å². The molecule has 1 N–H and O–H groups in total. The van der Waals surface area contributed by atoms with Crippen LogP contribution in [0.2, 0.25) is 0 Å². The van der Waals surface area contributed by atoms with Gasteiger partial charge in [-0.05, 0) is 16.6 Å². The Balaban J connectivity index is 5.31. The van der Waals surface area contributed by atoms with Crippen LogP contribution in [0.3, 0.4) is 0 Å². The van der Waals surface area contributed by atoms with Gasteiger partial charge < -0.3 is 5.11 Å². The van der Waals surface area contributed by atoms with Crippen LogP contribution >= 0.6 is 0 Å². The molecule has 80 valence electrons. The largest absolute Gasteiger partial charge is 0.379 e. The number of hydrogen-bond donors (Lipinski definition) is 1. The van der Waals surface area contributed by atoms with Crippen molar-refractivity contribution in [3.63, 3.8) is 0 Å². The molecule has 0 atom stereocenters. The molecular weight excluding hydrogens is 202 g/mol. The molecule has 0 aliphatic carbocycles. The third-order valence-electron chi connectivity index (χ3n) is 1.81. The molecule has 15 heavy (non-hydrogen) atoms. The number of hydrogen-bond acceptors (Lipinski definition) is 4. The maximum Gasteiger partial charge on any atom is 0.228 e. The monoisotopic (exact) mass is 211 g/mol. The second-order valence-electron chi connectivity index (χ2n) is 3.29. The van der Waals surface area contributed by atoms with Gasteiger partial charge in [0, 0.05) is 26.7 Å². The van der Waals surface area contributed by atoms with Gasteiger partial charge >= 0.3 is 0 Å². The highest BCUT2D eigenvalue weighted by Crippen LogP contribution is 2.34. The fraction of sp³-hybridized carbons (Fsp3) is 1.00. The number of aliphatic hydroxyl groups is 1. The highest BCUT2D eigenvalue weighted by atomic mass is 16.3. The molecule has 0 aliphatic heterocycles. The normalized spacial score (nSPS) is 13.8. The van der Waals surface area contributed by atoms with Gasteiger partial charge in [-0.2, -0.15) is 0 Å². The second-order valence-corrected chi connectivity index (χ2v) is 3.29. The molecule has 0 aromatic carbocycles. The zero-order valence-electron chi connectivity index (χ0n) is 8.18. The van der Waals surface area contributed by atoms with Gasteiger partial charge in [0.2, 0.25) is 5.85 Å². The zero-order chi connectivity index (χ0) is 11.9. The van der Waals surface area contributed by atoms with E-state index in [1.807, 2.05) is 0 Å². The van der Waals surface area contributed by atoms with E-state index in [0.717, 1.165) is 0 Å². The minimum Gasteiger partial charge on any atom is -0.379 e. The van der Waals surface area contributed by atoms with E-state index in [2.05, 4.69) is 30.1 Å². The van der Waals surface area contributed by atoms with Crippen LogP contribution in [0.25, 0.3) is 31.3 Å². The predicted octanol–water partition coefficient (Wildman–Crippen LogP) is 2.59. The predicted molar refractivity (Wildman–Crippen MR) is 51.0 cm³/mol. The van der Waals surface area contributed by atoms with Crippen molar-refractivity contribution in [2.45, 2.75) is 19.7 Å². The van der Waals surface area contributed by atoms with Crippen LogP contribution in [-0.2, 0) is 0 Å². The summed E-state index contributed by atoms with van der Waals surface area (Å²) in [6.07, 6.45) is 0. The third kappa shape index (κ3) is 2.94. The molecule has 0 amide bonds. The van der Waals surface area contributed by atoms with Crippen LogP contribution in [0, 0.1) is 5.41 Å². The molecule has 10 heteroatoms. The number of nitrogens with zero attached hydrogens (tertiary/aromatic N) is 9. The Morgan fingerprint density at radius 1 is 1.07 bits per heavy atom. The molecule has 0 fully saturated rings. The zero-order valence-corrected chi connectivity index (χ0v) is 8.18. The van der Waals surface area contributed by atoms with Gasteiger partial charge in [0.15, 0.2) is 0 Å². The van der Waals surface area contributed by atoms with E-state index in [0.29, 0.717) is 0 Å². The molecule has 0 radical (unpaired) electrons. The SMILES string of the molecule is CC(C)(CN=[N+]=[N-])C(O)(N=[N+]=[N-])N=[N+]=[N-]. The van der Waals surface area contributed by atoms with Crippen molar-refractivity contribution in [1.29, 1.82) is 0 Å². The highest BCUT2D eigenvalue weighted by Gasteiger charge is 2.42. The Morgan fingerprint density at radius 2 is 1.53 bits per heavy atom. The summed E-state index contributed by atoms with van der Waals surface area (Å²) in [5.41, 5.74) is 23.4. The van der Waals surface area contributed by atoms with Gasteiger partial charge in [-0.3, -0.25) is 0 Å². The number of azide groups is 2.